The third kappa shape index (κ3) is 3.54. The Morgan fingerprint density at radius 3 is 2.22 bits per heavy atom. The van der Waals surface area contributed by atoms with E-state index in [-0.39, 0.29) is 6.04 Å². The first-order chi connectivity index (χ1) is 8.69. The average molecular weight is 352 g/mol. The van der Waals surface area contributed by atoms with Crippen LogP contribution in [-0.4, -0.2) is 0 Å². The lowest BCUT2D eigenvalue weighted by molar-refractivity contribution is 0.552. The van der Waals surface area contributed by atoms with E-state index >= 15 is 0 Å². The fourth-order valence-corrected chi connectivity index (χ4v) is 2.29. The van der Waals surface area contributed by atoms with Gasteiger partial charge >= 0.3 is 0 Å². The first-order valence-corrected chi connectivity index (χ1v) is 7.04. The predicted molar refractivity (Wildman–Crippen MR) is 84.1 cm³/mol. The molecular formula is C15H17IN2. The molecule has 94 valence electrons. The van der Waals surface area contributed by atoms with Crippen LogP contribution in [0.5, 0.6) is 0 Å². The highest BCUT2D eigenvalue weighted by atomic mass is 127. The van der Waals surface area contributed by atoms with Gasteiger partial charge in [-0.1, -0.05) is 42.0 Å². The van der Waals surface area contributed by atoms with Crippen molar-refractivity contribution in [3.8, 4) is 0 Å². The molecule has 3 heteroatoms. The first kappa shape index (κ1) is 13.5. The molecule has 0 aliphatic carbocycles. The number of nitrogens with two attached hydrogens (primary N) is 1. The quantitative estimate of drug-likeness (QED) is 0.503. The summed E-state index contributed by atoms with van der Waals surface area (Å²) < 4.78 is 1.25. The molecule has 18 heavy (non-hydrogen) atoms. The van der Waals surface area contributed by atoms with Gasteiger partial charge in [0.15, 0.2) is 0 Å². The maximum absolute atomic E-state index is 5.67. The van der Waals surface area contributed by atoms with Gasteiger partial charge < -0.3 is 0 Å². The van der Waals surface area contributed by atoms with Crippen molar-refractivity contribution in [1.82, 2.24) is 5.43 Å². The molecule has 2 aromatic carbocycles. The number of hydrazine groups is 1. The summed E-state index contributed by atoms with van der Waals surface area (Å²) in [7, 11) is 0. The molecule has 0 fully saturated rings. The normalized spacial score (nSPS) is 12.4. The van der Waals surface area contributed by atoms with Crippen molar-refractivity contribution in [1.29, 1.82) is 0 Å². The van der Waals surface area contributed by atoms with Crippen molar-refractivity contribution in [2.45, 2.75) is 19.4 Å². The number of nitrogens with one attached hydrogen (secondary N) is 1. The number of halogens is 1. The summed E-state index contributed by atoms with van der Waals surface area (Å²) in [6, 6.07) is 17.2. The van der Waals surface area contributed by atoms with E-state index in [0.717, 1.165) is 6.42 Å². The van der Waals surface area contributed by atoms with Gasteiger partial charge in [-0.3, -0.25) is 11.3 Å². The molecule has 2 nitrogen and oxygen atoms in total. The van der Waals surface area contributed by atoms with Gasteiger partial charge in [-0.15, -0.1) is 0 Å². The Hall–Kier alpha value is -0.910. The zero-order chi connectivity index (χ0) is 13.0. The fraction of sp³-hybridized carbons (Fsp3) is 0.200. The van der Waals surface area contributed by atoms with Crippen LogP contribution in [0.25, 0.3) is 0 Å². The second-order valence-electron chi connectivity index (χ2n) is 4.46. The van der Waals surface area contributed by atoms with Gasteiger partial charge in [0, 0.05) is 9.61 Å². The number of hydrogen-bond acceptors (Lipinski definition) is 2. The highest BCUT2D eigenvalue weighted by Gasteiger charge is 2.10. The summed E-state index contributed by atoms with van der Waals surface area (Å²) in [5.41, 5.74) is 6.68. The minimum atomic E-state index is 0.158. The Morgan fingerprint density at radius 2 is 1.67 bits per heavy atom. The summed E-state index contributed by atoms with van der Waals surface area (Å²) in [6.07, 6.45) is 0.899. The van der Waals surface area contributed by atoms with Crippen LogP contribution in [0.1, 0.15) is 22.7 Å². The van der Waals surface area contributed by atoms with Crippen molar-refractivity contribution in [3.05, 3.63) is 68.8 Å². The first-order valence-electron chi connectivity index (χ1n) is 5.96. The van der Waals surface area contributed by atoms with E-state index in [9.17, 15) is 0 Å². The molecule has 2 aromatic rings. The second-order valence-corrected chi connectivity index (χ2v) is 5.71. The number of rotatable bonds is 4. The molecule has 0 spiro atoms. The summed E-state index contributed by atoms with van der Waals surface area (Å²) >= 11 is 2.31. The van der Waals surface area contributed by atoms with Gasteiger partial charge in [0.25, 0.3) is 0 Å². The lowest BCUT2D eigenvalue weighted by atomic mass is 9.99. The Labute approximate surface area is 122 Å². The molecule has 0 heterocycles. The van der Waals surface area contributed by atoms with E-state index < -0.39 is 0 Å². The summed E-state index contributed by atoms with van der Waals surface area (Å²) in [5.74, 6) is 5.67. The number of hydrogen-bond donors (Lipinski definition) is 2. The minimum absolute atomic E-state index is 0.158. The smallest absolute Gasteiger partial charge is 0.0500 e. The molecule has 3 N–H and O–H groups in total. The van der Waals surface area contributed by atoms with Crippen molar-refractivity contribution >= 4 is 22.6 Å². The predicted octanol–water partition coefficient (Wildman–Crippen LogP) is 3.35. The van der Waals surface area contributed by atoms with Crippen LogP contribution < -0.4 is 11.3 Å². The summed E-state index contributed by atoms with van der Waals surface area (Å²) in [6.45, 7) is 2.09. The van der Waals surface area contributed by atoms with Gasteiger partial charge in [0.2, 0.25) is 0 Å². The molecule has 0 aromatic heterocycles. The zero-order valence-corrected chi connectivity index (χ0v) is 12.5. The van der Waals surface area contributed by atoms with Crippen LogP contribution in [0.2, 0.25) is 0 Å². The molecule has 2 rings (SSSR count). The van der Waals surface area contributed by atoms with Crippen LogP contribution in [0.4, 0.5) is 0 Å². The maximum atomic E-state index is 5.67. The van der Waals surface area contributed by atoms with Crippen LogP contribution in [0.15, 0.2) is 48.5 Å². The van der Waals surface area contributed by atoms with Crippen molar-refractivity contribution in [2.75, 3.05) is 0 Å². The van der Waals surface area contributed by atoms with E-state index in [2.05, 4.69) is 83.5 Å². The van der Waals surface area contributed by atoms with Crippen LogP contribution in [0.3, 0.4) is 0 Å². The number of aryl methyl sites for hydroxylation is 1. The van der Waals surface area contributed by atoms with Crippen molar-refractivity contribution in [3.63, 3.8) is 0 Å². The van der Waals surface area contributed by atoms with Crippen molar-refractivity contribution in [2.24, 2.45) is 5.84 Å². The molecule has 0 saturated carbocycles. The minimum Gasteiger partial charge on any atom is -0.271 e. The maximum Gasteiger partial charge on any atom is 0.0500 e. The van der Waals surface area contributed by atoms with Gasteiger partial charge in [0.1, 0.15) is 0 Å². The highest BCUT2D eigenvalue weighted by Crippen LogP contribution is 2.19. The van der Waals surface area contributed by atoms with E-state index in [4.69, 9.17) is 5.84 Å². The monoisotopic (exact) mass is 352 g/mol. The Bertz CT molecular complexity index is 491. The zero-order valence-electron chi connectivity index (χ0n) is 10.4. The molecule has 0 bridgehead atoms. The SMILES string of the molecule is Cc1ccc(C(Cc2ccc(I)cc2)NN)cc1. The van der Waals surface area contributed by atoms with Gasteiger partial charge in [-0.2, -0.15) is 0 Å². The Kier molecular flexibility index (Phi) is 4.74. The third-order valence-electron chi connectivity index (χ3n) is 3.03. The fourth-order valence-electron chi connectivity index (χ4n) is 1.93. The third-order valence-corrected chi connectivity index (χ3v) is 3.75. The molecule has 0 amide bonds. The average Bonchev–Trinajstić information content (AvgIpc) is 2.39. The number of benzene rings is 2. The van der Waals surface area contributed by atoms with E-state index in [1.165, 1.54) is 20.3 Å². The highest BCUT2D eigenvalue weighted by molar-refractivity contribution is 14.1. The van der Waals surface area contributed by atoms with E-state index in [1.807, 2.05) is 0 Å². The topological polar surface area (TPSA) is 38.0 Å². The van der Waals surface area contributed by atoms with Gasteiger partial charge in [-0.05, 0) is 59.2 Å². The van der Waals surface area contributed by atoms with Crippen LogP contribution in [-0.2, 0) is 6.42 Å². The Balaban J connectivity index is 2.14. The van der Waals surface area contributed by atoms with E-state index in [1.54, 1.807) is 0 Å². The van der Waals surface area contributed by atoms with Crippen molar-refractivity contribution < 1.29 is 0 Å². The lowest BCUT2D eigenvalue weighted by Gasteiger charge is -2.16. The summed E-state index contributed by atoms with van der Waals surface area (Å²) in [4.78, 5) is 0. The molecule has 0 aliphatic rings. The lowest BCUT2D eigenvalue weighted by Crippen LogP contribution is -2.29. The second kappa shape index (κ2) is 6.31. The van der Waals surface area contributed by atoms with Gasteiger partial charge in [0.05, 0.1) is 0 Å². The molecule has 1 unspecified atom stereocenters. The molecule has 0 saturated heterocycles. The molecular weight excluding hydrogens is 335 g/mol. The van der Waals surface area contributed by atoms with E-state index in [0.29, 0.717) is 0 Å². The Morgan fingerprint density at radius 1 is 1.06 bits per heavy atom. The summed E-state index contributed by atoms with van der Waals surface area (Å²) in [5, 5.41) is 0. The standard InChI is InChI=1S/C15H17IN2/c1-11-2-6-13(7-3-11)15(18-17)10-12-4-8-14(16)9-5-12/h2-9,15,18H,10,17H2,1H3. The molecule has 0 aliphatic heterocycles. The van der Waals surface area contributed by atoms with Crippen LogP contribution >= 0.6 is 22.6 Å². The van der Waals surface area contributed by atoms with Crippen LogP contribution in [0, 0.1) is 10.5 Å². The van der Waals surface area contributed by atoms with Gasteiger partial charge in [-0.25, -0.2) is 0 Å². The molecule has 1 atom stereocenters. The molecule has 0 radical (unpaired) electrons. The largest absolute Gasteiger partial charge is 0.271 e.